The lowest BCUT2D eigenvalue weighted by atomic mass is 10.00. The van der Waals surface area contributed by atoms with E-state index in [0.29, 0.717) is 16.1 Å². The standard InChI is InChI=1S/C23H19N3O3S/c24-19(22(28)29)12-14-5-3-6-15(11-14)16-7-4-8-17(13-16)30-23-25-20-10-2-1-9-18(20)21(27)26-23/h1-11,13,19H,12,24H2,(H,28,29)(H,25,26,27). The van der Waals surface area contributed by atoms with E-state index in [4.69, 9.17) is 10.8 Å². The topological polar surface area (TPSA) is 109 Å². The van der Waals surface area contributed by atoms with Crippen molar-refractivity contribution in [1.82, 2.24) is 9.97 Å². The number of carboxylic acids is 1. The molecule has 7 heteroatoms. The van der Waals surface area contributed by atoms with Crippen LogP contribution in [0.5, 0.6) is 0 Å². The molecule has 0 bridgehead atoms. The van der Waals surface area contributed by atoms with Crippen LogP contribution in [0.1, 0.15) is 5.56 Å². The molecule has 0 amide bonds. The van der Waals surface area contributed by atoms with E-state index in [9.17, 15) is 9.59 Å². The number of carbonyl (C=O) groups is 1. The molecule has 0 saturated heterocycles. The van der Waals surface area contributed by atoms with Crippen molar-refractivity contribution in [3.63, 3.8) is 0 Å². The van der Waals surface area contributed by atoms with Crippen molar-refractivity contribution in [2.24, 2.45) is 5.73 Å². The first-order valence-electron chi connectivity index (χ1n) is 9.34. The van der Waals surface area contributed by atoms with Crippen molar-refractivity contribution in [1.29, 1.82) is 0 Å². The largest absolute Gasteiger partial charge is 0.480 e. The Balaban J connectivity index is 1.61. The summed E-state index contributed by atoms with van der Waals surface area (Å²) in [5.41, 5.74) is 8.96. The van der Waals surface area contributed by atoms with E-state index >= 15 is 0 Å². The molecule has 4 aromatic rings. The molecule has 1 unspecified atom stereocenters. The molecule has 150 valence electrons. The van der Waals surface area contributed by atoms with Gasteiger partial charge in [-0.1, -0.05) is 60.3 Å². The number of hydrogen-bond acceptors (Lipinski definition) is 5. The van der Waals surface area contributed by atoms with E-state index in [0.717, 1.165) is 21.6 Å². The summed E-state index contributed by atoms with van der Waals surface area (Å²) in [6, 6.07) is 21.9. The van der Waals surface area contributed by atoms with Crippen LogP contribution in [0.2, 0.25) is 0 Å². The number of aromatic nitrogens is 2. The van der Waals surface area contributed by atoms with E-state index in [2.05, 4.69) is 9.97 Å². The van der Waals surface area contributed by atoms with Gasteiger partial charge in [0.25, 0.3) is 5.56 Å². The highest BCUT2D eigenvalue weighted by atomic mass is 32.2. The monoisotopic (exact) mass is 417 g/mol. The Morgan fingerprint density at radius 2 is 1.77 bits per heavy atom. The zero-order valence-corrected chi connectivity index (χ0v) is 16.7. The Bertz CT molecular complexity index is 1290. The van der Waals surface area contributed by atoms with Crippen LogP contribution in [0.25, 0.3) is 22.0 Å². The Morgan fingerprint density at radius 1 is 1.03 bits per heavy atom. The lowest BCUT2D eigenvalue weighted by Gasteiger charge is -2.10. The SMILES string of the molecule is NC(Cc1cccc(-c2cccc(Sc3nc4ccccc4c(=O)[nH]3)c2)c1)C(=O)O. The number of hydrogen-bond donors (Lipinski definition) is 3. The van der Waals surface area contributed by atoms with E-state index in [1.54, 1.807) is 6.07 Å². The number of nitrogens with one attached hydrogen (secondary N) is 1. The third-order valence-electron chi connectivity index (χ3n) is 4.67. The predicted molar refractivity (Wildman–Crippen MR) is 118 cm³/mol. The average molecular weight is 417 g/mol. The molecule has 0 aliphatic carbocycles. The van der Waals surface area contributed by atoms with Gasteiger partial charge in [-0.25, -0.2) is 4.98 Å². The fraction of sp³-hybridized carbons (Fsp3) is 0.0870. The second-order valence-electron chi connectivity index (χ2n) is 6.87. The third kappa shape index (κ3) is 4.42. The van der Waals surface area contributed by atoms with Gasteiger partial charge in [0.15, 0.2) is 5.16 Å². The summed E-state index contributed by atoms with van der Waals surface area (Å²) >= 11 is 1.38. The van der Waals surface area contributed by atoms with Gasteiger partial charge in [0, 0.05) is 4.90 Å². The Hall–Kier alpha value is -3.42. The fourth-order valence-electron chi connectivity index (χ4n) is 3.18. The summed E-state index contributed by atoms with van der Waals surface area (Å²) in [6.07, 6.45) is 0.264. The van der Waals surface area contributed by atoms with Crippen LogP contribution in [0.3, 0.4) is 0 Å². The second kappa shape index (κ2) is 8.52. The van der Waals surface area contributed by atoms with Crippen LogP contribution >= 0.6 is 11.8 Å². The van der Waals surface area contributed by atoms with Crippen molar-refractivity contribution in [2.45, 2.75) is 22.5 Å². The van der Waals surface area contributed by atoms with Gasteiger partial charge in [-0.3, -0.25) is 9.59 Å². The number of rotatable bonds is 6. The molecule has 0 aliphatic heterocycles. The minimum absolute atomic E-state index is 0.165. The van der Waals surface area contributed by atoms with E-state index in [-0.39, 0.29) is 12.0 Å². The van der Waals surface area contributed by atoms with Gasteiger partial charge in [0.1, 0.15) is 6.04 Å². The van der Waals surface area contributed by atoms with E-state index in [1.165, 1.54) is 11.8 Å². The molecule has 0 aliphatic rings. The number of carboxylic acid groups (broad SMARTS) is 1. The number of nitrogens with two attached hydrogens (primary N) is 1. The molecule has 30 heavy (non-hydrogen) atoms. The van der Waals surface area contributed by atoms with E-state index in [1.807, 2.05) is 66.7 Å². The predicted octanol–water partition coefficient (Wildman–Crippen LogP) is 3.70. The first-order valence-corrected chi connectivity index (χ1v) is 10.2. The Labute approximate surface area is 176 Å². The molecule has 1 aromatic heterocycles. The van der Waals surface area contributed by atoms with Crippen molar-refractivity contribution in [2.75, 3.05) is 0 Å². The summed E-state index contributed by atoms with van der Waals surface area (Å²) in [5, 5.41) is 10.1. The van der Waals surface area contributed by atoms with Crippen molar-refractivity contribution >= 4 is 28.6 Å². The van der Waals surface area contributed by atoms with Crippen LogP contribution in [-0.2, 0) is 11.2 Å². The van der Waals surface area contributed by atoms with Gasteiger partial charge in [-0.15, -0.1) is 0 Å². The molecule has 0 spiro atoms. The summed E-state index contributed by atoms with van der Waals surface area (Å²) in [5.74, 6) is -1.02. The van der Waals surface area contributed by atoms with Crippen molar-refractivity contribution in [3.05, 3.63) is 88.7 Å². The molecule has 1 heterocycles. The van der Waals surface area contributed by atoms with Crippen LogP contribution in [0.4, 0.5) is 0 Å². The fourth-order valence-corrected chi connectivity index (χ4v) is 4.03. The highest BCUT2D eigenvalue weighted by Crippen LogP contribution is 2.29. The lowest BCUT2D eigenvalue weighted by molar-refractivity contribution is -0.138. The second-order valence-corrected chi connectivity index (χ2v) is 7.93. The molecule has 3 aromatic carbocycles. The summed E-state index contributed by atoms with van der Waals surface area (Å²) in [6.45, 7) is 0. The number of para-hydroxylation sites is 1. The summed E-state index contributed by atoms with van der Waals surface area (Å²) < 4.78 is 0. The highest BCUT2D eigenvalue weighted by molar-refractivity contribution is 7.99. The quantitative estimate of drug-likeness (QED) is 0.413. The Kier molecular flexibility index (Phi) is 5.65. The maximum absolute atomic E-state index is 12.3. The van der Waals surface area contributed by atoms with Crippen LogP contribution in [-0.4, -0.2) is 27.1 Å². The van der Waals surface area contributed by atoms with Crippen molar-refractivity contribution in [3.8, 4) is 11.1 Å². The normalized spacial score (nSPS) is 12.0. The Morgan fingerprint density at radius 3 is 2.57 bits per heavy atom. The van der Waals surface area contributed by atoms with Crippen LogP contribution in [0, 0.1) is 0 Å². The van der Waals surface area contributed by atoms with Gasteiger partial charge in [-0.2, -0.15) is 0 Å². The lowest BCUT2D eigenvalue weighted by Crippen LogP contribution is -2.32. The number of benzene rings is 3. The average Bonchev–Trinajstić information content (AvgIpc) is 2.74. The first kappa shape index (κ1) is 19.9. The third-order valence-corrected chi connectivity index (χ3v) is 5.55. The number of nitrogens with zero attached hydrogens (tertiary/aromatic N) is 1. The molecule has 0 radical (unpaired) electrons. The van der Waals surface area contributed by atoms with Gasteiger partial charge < -0.3 is 15.8 Å². The molecule has 4 N–H and O–H groups in total. The van der Waals surface area contributed by atoms with E-state index < -0.39 is 12.0 Å². The number of aromatic amines is 1. The smallest absolute Gasteiger partial charge is 0.320 e. The van der Waals surface area contributed by atoms with Gasteiger partial charge in [-0.05, 0) is 47.4 Å². The molecule has 0 saturated carbocycles. The minimum atomic E-state index is -1.02. The number of aliphatic carboxylic acids is 1. The zero-order chi connectivity index (χ0) is 21.1. The molecule has 0 fully saturated rings. The van der Waals surface area contributed by atoms with Gasteiger partial charge >= 0.3 is 5.97 Å². The number of fused-ring (bicyclic) bond motifs is 1. The van der Waals surface area contributed by atoms with Gasteiger partial charge in [0.2, 0.25) is 0 Å². The first-order chi connectivity index (χ1) is 14.5. The number of H-pyrrole nitrogens is 1. The molecular weight excluding hydrogens is 398 g/mol. The van der Waals surface area contributed by atoms with Crippen molar-refractivity contribution < 1.29 is 9.90 Å². The maximum atomic E-state index is 12.3. The molecule has 1 atom stereocenters. The molecular formula is C23H19N3O3S. The summed E-state index contributed by atoms with van der Waals surface area (Å²) in [4.78, 5) is 31.6. The molecule has 4 rings (SSSR count). The molecule has 6 nitrogen and oxygen atoms in total. The maximum Gasteiger partial charge on any atom is 0.320 e. The highest BCUT2D eigenvalue weighted by Gasteiger charge is 2.12. The van der Waals surface area contributed by atoms with Gasteiger partial charge in [0.05, 0.1) is 10.9 Å². The zero-order valence-electron chi connectivity index (χ0n) is 15.9. The summed E-state index contributed by atoms with van der Waals surface area (Å²) in [7, 11) is 0. The van der Waals surface area contributed by atoms with Crippen LogP contribution < -0.4 is 11.3 Å². The van der Waals surface area contributed by atoms with Crippen LogP contribution in [0.15, 0.2) is 87.6 Å². The minimum Gasteiger partial charge on any atom is -0.480 e.